The molecule has 19 heavy (non-hydrogen) atoms. The van der Waals surface area contributed by atoms with E-state index < -0.39 is 11.7 Å². The molecule has 0 radical (unpaired) electrons. The van der Waals surface area contributed by atoms with Gasteiger partial charge >= 0.3 is 0 Å². The van der Waals surface area contributed by atoms with Gasteiger partial charge in [-0.3, -0.25) is 0 Å². The number of aliphatic hydroxyl groups is 2. The first-order valence-corrected chi connectivity index (χ1v) is 6.88. The Labute approximate surface area is 115 Å². The Morgan fingerprint density at radius 1 is 1.32 bits per heavy atom. The van der Waals surface area contributed by atoms with Gasteiger partial charge in [-0.15, -0.1) is 0 Å². The van der Waals surface area contributed by atoms with Crippen LogP contribution in [0, 0.1) is 0 Å². The van der Waals surface area contributed by atoms with Gasteiger partial charge in [0.2, 0.25) is 0 Å². The maximum Gasteiger partial charge on any atom is 0.119 e. The average molecular weight is 267 g/mol. The number of ether oxygens (including phenoxy) is 1. The molecule has 1 aromatic carbocycles. The second kappa shape index (κ2) is 7.48. The quantitative estimate of drug-likeness (QED) is 0.673. The highest BCUT2D eigenvalue weighted by atomic mass is 16.5. The van der Waals surface area contributed by atoms with Crippen LogP contribution in [0.1, 0.15) is 44.8 Å². The van der Waals surface area contributed by atoms with Crippen LogP contribution >= 0.6 is 0 Å². The molecule has 0 bridgehead atoms. The molecular formula is C15H25NO3. The predicted molar refractivity (Wildman–Crippen MR) is 76.1 cm³/mol. The van der Waals surface area contributed by atoms with Gasteiger partial charge in [0, 0.05) is 0 Å². The van der Waals surface area contributed by atoms with Crippen molar-refractivity contribution in [3.05, 3.63) is 29.8 Å². The maximum atomic E-state index is 10.2. The minimum atomic E-state index is -0.786. The number of nitrogens with two attached hydrogens (primary N) is 1. The van der Waals surface area contributed by atoms with E-state index in [4.69, 9.17) is 10.5 Å². The second-order valence-electron chi connectivity index (χ2n) is 4.89. The molecule has 0 spiro atoms. The first kappa shape index (κ1) is 16.0. The van der Waals surface area contributed by atoms with Crippen LogP contribution in [-0.4, -0.2) is 29.0 Å². The third kappa shape index (κ3) is 4.82. The fourth-order valence-electron chi connectivity index (χ4n) is 1.81. The van der Waals surface area contributed by atoms with E-state index in [1.807, 2.05) is 32.0 Å². The smallest absolute Gasteiger partial charge is 0.119 e. The number of rotatable bonds is 8. The summed E-state index contributed by atoms with van der Waals surface area (Å²) in [6.07, 6.45) is 1.26. The molecule has 4 heteroatoms. The Kier molecular flexibility index (Phi) is 6.28. The summed E-state index contributed by atoms with van der Waals surface area (Å²) in [6.45, 7) is 4.58. The molecule has 0 saturated carbocycles. The minimum absolute atomic E-state index is 0.260. The molecule has 1 rings (SSSR count). The normalized spacial score (nSPS) is 13.3. The van der Waals surface area contributed by atoms with Gasteiger partial charge in [-0.1, -0.05) is 26.0 Å². The standard InChI is InChI=1S/C15H25NO3/c1-3-15(18,4-2)11-19-13-7-5-6-12(10-13)14(17)8-9-16/h5-7,10,14,17-18H,3-4,8-9,11,16H2,1-2H3/t14-/m1/s1. The number of hydrogen-bond donors (Lipinski definition) is 3. The molecule has 4 N–H and O–H groups in total. The molecule has 0 aromatic heterocycles. The second-order valence-corrected chi connectivity index (χ2v) is 4.89. The summed E-state index contributed by atoms with van der Waals surface area (Å²) in [6, 6.07) is 7.30. The fraction of sp³-hybridized carbons (Fsp3) is 0.600. The average Bonchev–Trinajstić information content (AvgIpc) is 2.45. The zero-order valence-electron chi connectivity index (χ0n) is 11.8. The highest BCUT2D eigenvalue weighted by Crippen LogP contribution is 2.23. The van der Waals surface area contributed by atoms with Crippen LogP contribution in [0.2, 0.25) is 0 Å². The van der Waals surface area contributed by atoms with Gasteiger partial charge in [0.1, 0.15) is 12.4 Å². The molecule has 0 amide bonds. The monoisotopic (exact) mass is 267 g/mol. The van der Waals surface area contributed by atoms with Crippen molar-refractivity contribution in [1.82, 2.24) is 0 Å². The lowest BCUT2D eigenvalue weighted by molar-refractivity contribution is -0.0114. The van der Waals surface area contributed by atoms with Crippen molar-refractivity contribution < 1.29 is 14.9 Å². The largest absolute Gasteiger partial charge is 0.491 e. The SMILES string of the molecule is CCC(O)(CC)COc1cccc([C@H](O)CCN)c1. The molecular weight excluding hydrogens is 242 g/mol. The molecule has 108 valence electrons. The molecule has 0 unspecified atom stereocenters. The van der Waals surface area contributed by atoms with Crippen molar-refractivity contribution in [1.29, 1.82) is 0 Å². The van der Waals surface area contributed by atoms with E-state index in [9.17, 15) is 10.2 Å². The van der Waals surface area contributed by atoms with E-state index in [-0.39, 0.29) is 6.61 Å². The van der Waals surface area contributed by atoms with Gasteiger partial charge in [0.25, 0.3) is 0 Å². The van der Waals surface area contributed by atoms with Gasteiger partial charge in [-0.25, -0.2) is 0 Å². The Morgan fingerprint density at radius 2 is 2.00 bits per heavy atom. The van der Waals surface area contributed by atoms with Crippen molar-refractivity contribution in [3.8, 4) is 5.75 Å². The Balaban J connectivity index is 2.67. The molecule has 4 nitrogen and oxygen atoms in total. The van der Waals surface area contributed by atoms with E-state index in [0.717, 1.165) is 5.56 Å². The van der Waals surface area contributed by atoms with Gasteiger partial charge < -0.3 is 20.7 Å². The molecule has 0 fully saturated rings. The van der Waals surface area contributed by atoms with E-state index in [1.165, 1.54) is 0 Å². The molecule has 0 saturated heterocycles. The number of hydrogen-bond acceptors (Lipinski definition) is 4. The van der Waals surface area contributed by atoms with E-state index in [1.54, 1.807) is 6.07 Å². The molecule has 0 aliphatic heterocycles. The van der Waals surface area contributed by atoms with Crippen LogP contribution < -0.4 is 10.5 Å². The lowest BCUT2D eigenvalue weighted by Crippen LogP contribution is -2.34. The number of aliphatic hydroxyl groups excluding tert-OH is 1. The van der Waals surface area contributed by atoms with Crippen LogP contribution in [-0.2, 0) is 0 Å². The van der Waals surface area contributed by atoms with E-state index >= 15 is 0 Å². The minimum Gasteiger partial charge on any atom is -0.491 e. The van der Waals surface area contributed by atoms with Crippen LogP contribution in [0.3, 0.4) is 0 Å². The first-order valence-electron chi connectivity index (χ1n) is 6.88. The Bertz CT molecular complexity index is 377. The van der Waals surface area contributed by atoms with Gasteiger partial charge in [0.15, 0.2) is 0 Å². The predicted octanol–water partition coefficient (Wildman–Crippen LogP) is 2.00. The third-order valence-corrected chi connectivity index (χ3v) is 3.51. The van der Waals surface area contributed by atoms with Crippen LogP contribution in [0.15, 0.2) is 24.3 Å². The molecule has 0 heterocycles. The zero-order valence-corrected chi connectivity index (χ0v) is 11.8. The lowest BCUT2D eigenvalue weighted by atomic mass is 9.99. The maximum absolute atomic E-state index is 10.2. The van der Waals surface area contributed by atoms with Crippen LogP contribution in [0.25, 0.3) is 0 Å². The molecule has 0 aliphatic carbocycles. The van der Waals surface area contributed by atoms with Gasteiger partial charge in [-0.2, -0.15) is 0 Å². The van der Waals surface area contributed by atoms with E-state index in [0.29, 0.717) is 31.6 Å². The van der Waals surface area contributed by atoms with Crippen molar-refractivity contribution in [2.45, 2.75) is 44.8 Å². The van der Waals surface area contributed by atoms with Crippen molar-refractivity contribution in [2.24, 2.45) is 5.73 Å². The topological polar surface area (TPSA) is 75.7 Å². The highest BCUT2D eigenvalue weighted by Gasteiger charge is 2.23. The summed E-state index contributed by atoms with van der Waals surface area (Å²) in [4.78, 5) is 0. The Morgan fingerprint density at radius 3 is 2.58 bits per heavy atom. The van der Waals surface area contributed by atoms with E-state index in [2.05, 4.69) is 0 Å². The summed E-state index contributed by atoms with van der Waals surface area (Å²) in [5.41, 5.74) is 5.44. The lowest BCUT2D eigenvalue weighted by Gasteiger charge is -2.25. The van der Waals surface area contributed by atoms with Crippen LogP contribution in [0.4, 0.5) is 0 Å². The van der Waals surface area contributed by atoms with Crippen molar-refractivity contribution in [2.75, 3.05) is 13.2 Å². The molecule has 1 atom stereocenters. The van der Waals surface area contributed by atoms with Crippen LogP contribution in [0.5, 0.6) is 5.75 Å². The summed E-state index contributed by atoms with van der Waals surface area (Å²) in [5, 5.41) is 20.0. The zero-order chi connectivity index (χ0) is 14.3. The van der Waals surface area contributed by atoms with Crippen molar-refractivity contribution in [3.63, 3.8) is 0 Å². The summed E-state index contributed by atoms with van der Waals surface area (Å²) in [7, 11) is 0. The molecule has 0 aliphatic rings. The molecule has 1 aromatic rings. The fourth-order valence-corrected chi connectivity index (χ4v) is 1.81. The van der Waals surface area contributed by atoms with Crippen molar-refractivity contribution >= 4 is 0 Å². The summed E-state index contributed by atoms with van der Waals surface area (Å²) < 4.78 is 5.63. The highest BCUT2D eigenvalue weighted by molar-refractivity contribution is 5.30. The third-order valence-electron chi connectivity index (χ3n) is 3.51. The number of benzene rings is 1. The summed E-state index contributed by atoms with van der Waals surface area (Å²) in [5.74, 6) is 0.661. The van der Waals surface area contributed by atoms with Gasteiger partial charge in [0.05, 0.1) is 11.7 Å². The first-order chi connectivity index (χ1) is 9.04. The summed E-state index contributed by atoms with van der Waals surface area (Å²) >= 11 is 0. The Hall–Kier alpha value is -1.10. The van der Waals surface area contributed by atoms with Gasteiger partial charge in [-0.05, 0) is 43.5 Å².